The number of aliphatic imine (C=N–C) groups is 1. The highest BCUT2D eigenvalue weighted by molar-refractivity contribution is 6.02. The first-order valence-corrected chi connectivity index (χ1v) is 7.50. The standard InChI is InChI=1S/C16H24N4O.ClH/c1-11-5-3-6-12(2)14(11)19-16(21)20-15(17)18-10-9-13-7-4-8-13;/h3,5-6,13H,4,7-10H2,1-2H3,(H4,17,18,19,20,21);1H. The number of halogens is 1. The lowest BCUT2D eigenvalue weighted by Gasteiger charge is -2.24. The minimum atomic E-state index is -0.350. The Morgan fingerprint density at radius 3 is 2.50 bits per heavy atom. The lowest BCUT2D eigenvalue weighted by atomic mass is 9.83. The predicted octanol–water partition coefficient (Wildman–Crippen LogP) is 3.35. The van der Waals surface area contributed by atoms with Crippen molar-refractivity contribution < 1.29 is 4.79 Å². The molecule has 6 heteroatoms. The number of nitrogens with one attached hydrogen (secondary N) is 2. The van der Waals surface area contributed by atoms with Crippen LogP contribution in [0.15, 0.2) is 23.2 Å². The van der Waals surface area contributed by atoms with Crippen LogP contribution in [0, 0.1) is 19.8 Å². The molecule has 1 aromatic rings. The van der Waals surface area contributed by atoms with Crippen molar-refractivity contribution in [1.29, 1.82) is 0 Å². The summed E-state index contributed by atoms with van der Waals surface area (Å²) >= 11 is 0. The lowest BCUT2D eigenvalue weighted by Crippen LogP contribution is -2.40. The average Bonchev–Trinajstić information content (AvgIpc) is 2.37. The first-order chi connectivity index (χ1) is 10.1. The van der Waals surface area contributed by atoms with Gasteiger partial charge in [0.05, 0.1) is 0 Å². The Morgan fingerprint density at radius 1 is 1.32 bits per heavy atom. The summed E-state index contributed by atoms with van der Waals surface area (Å²) in [6, 6.07) is 5.53. The van der Waals surface area contributed by atoms with E-state index in [-0.39, 0.29) is 24.4 Å². The second-order valence-corrected chi connectivity index (χ2v) is 5.70. The fraction of sp³-hybridized carbons (Fsp3) is 0.500. The molecule has 0 heterocycles. The first-order valence-electron chi connectivity index (χ1n) is 7.50. The van der Waals surface area contributed by atoms with Gasteiger partial charge in [0.2, 0.25) is 0 Å². The van der Waals surface area contributed by atoms with Crippen LogP contribution >= 0.6 is 12.4 Å². The molecule has 0 saturated heterocycles. The van der Waals surface area contributed by atoms with Gasteiger partial charge in [0.1, 0.15) is 0 Å². The van der Waals surface area contributed by atoms with Crippen LogP contribution in [0.5, 0.6) is 0 Å². The number of guanidine groups is 1. The van der Waals surface area contributed by atoms with Crippen molar-refractivity contribution in [2.75, 3.05) is 11.9 Å². The van der Waals surface area contributed by atoms with E-state index in [0.29, 0.717) is 6.54 Å². The van der Waals surface area contributed by atoms with Crippen LogP contribution in [-0.2, 0) is 0 Å². The van der Waals surface area contributed by atoms with E-state index < -0.39 is 0 Å². The van der Waals surface area contributed by atoms with E-state index in [1.165, 1.54) is 19.3 Å². The van der Waals surface area contributed by atoms with Gasteiger partial charge in [-0.2, -0.15) is 0 Å². The van der Waals surface area contributed by atoms with Crippen molar-refractivity contribution in [3.8, 4) is 0 Å². The predicted molar refractivity (Wildman–Crippen MR) is 93.8 cm³/mol. The number of aryl methyl sites for hydroxylation is 2. The number of benzene rings is 1. The number of nitrogens with two attached hydrogens (primary N) is 1. The molecule has 0 aliphatic heterocycles. The molecular weight excluding hydrogens is 300 g/mol. The first kappa shape index (κ1) is 18.3. The molecule has 1 fully saturated rings. The van der Waals surface area contributed by atoms with Gasteiger partial charge in [-0.25, -0.2) is 4.79 Å². The van der Waals surface area contributed by atoms with Gasteiger partial charge in [0.25, 0.3) is 0 Å². The third-order valence-electron chi connectivity index (χ3n) is 4.01. The highest BCUT2D eigenvalue weighted by Crippen LogP contribution is 2.29. The SMILES string of the molecule is Cc1cccc(C)c1NC(=O)NC(N)=NCCC1CCC1.Cl. The van der Waals surface area contributed by atoms with Gasteiger partial charge in [-0.1, -0.05) is 37.5 Å². The topological polar surface area (TPSA) is 79.5 Å². The van der Waals surface area contributed by atoms with Gasteiger partial charge in [-0.3, -0.25) is 10.3 Å². The van der Waals surface area contributed by atoms with Gasteiger partial charge < -0.3 is 11.1 Å². The number of rotatable bonds is 4. The largest absolute Gasteiger partial charge is 0.370 e. The molecule has 122 valence electrons. The molecule has 0 aromatic heterocycles. The van der Waals surface area contributed by atoms with Crippen molar-refractivity contribution >= 4 is 30.1 Å². The van der Waals surface area contributed by atoms with Gasteiger partial charge in [0.15, 0.2) is 5.96 Å². The van der Waals surface area contributed by atoms with E-state index in [0.717, 1.165) is 29.2 Å². The minimum absolute atomic E-state index is 0. The van der Waals surface area contributed by atoms with Gasteiger partial charge in [-0.05, 0) is 37.3 Å². The van der Waals surface area contributed by atoms with E-state index in [4.69, 9.17) is 5.73 Å². The average molecular weight is 325 g/mol. The quantitative estimate of drug-likeness (QED) is 0.586. The lowest BCUT2D eigenvalue weighted by molar-refractivity contribution is 0.256. The van der Waals surface area contributed by atoms with Crippen molar-refractivity contribution in [3.63, 3.8) is 0 Å². The zero-order valence-corrected chi connectivity index (χ0v) is 14.0. The maximum Gasteiger partial charge on any atom is 0.326 e. The summed E-state index contributed by atoms with van der Waals surface area (Å²) in [5, 5.41) is 5.39. The van der Waals surface area contributed by atoms with Crippen LogP contribution < -0.4 is 16.4 Å². The summed E-state index contributed by atoms with van der Waals surface area (Å²) in [6.45, 7) is 4.59. The van der Waals surface area contributed by atoms with Gasteiger partial charge in [0, 0.05) is 12.2 Å². The van der Waals surface area contributed by atoms with Crippen molar-refractivity contribution in [2.45, 2.75) is 39.5 Å². The third-order valence-corrected chi connectivity index (χ3v) is 4.01. The van der Waals surface area contributed by atoms with Crippen LogP contribution in [-0.4, -0.2) is 18.5 Å². The normalized spacial score (nSPS) is 14.7. The molecule has 0 radical (unpaired) electrons. The molecule has 5 nitrogen and oxygen atoms in total. The summed E-state index contributed by atoms with van der Waals surface area (Å²) in [6.07, 6.45) is 4.99. The van der Waals surface area contributed by atoms with E-state index in [9.17, 15) is 4.79 Å². The Kier molecular flexibility index (Phi) is 7.18. The fourth-order valence-electron chi connectivity index (χ4n) is 2.46. The Hall–Kier alpha value is -1.75. The number of nitrogens with zero attached hydrogens (tertiary/aromatic N) is 1. The number of anilines is 1. The molecule has 0 unspecified atom stereocenters. The monoisotopic (exact) mass is 324 g/mol. The molecule has 1 aromatic carbocycles. The molecule has 0 atom stereocenters. The third kappa shape index (κ3) is 5.22. The number of urea groups is 1. The number of amides is 2. The molecule has 0 bridgehead atoms. The zero-order chi connectivity index (χ0) is 15.2. The number of para-hydroxylation sites is 1. The Labute approximate surface area is 138 Å². The molecule has 1 aliphatic carbocycles. The van der Waals surface area contributed by atoms with Crippen molar-refractivity contribution in [1.82, 2.24) is 5.32 Å². The van der Waals surface area contributed by atoms with Gasteiger partial charge >= 0.3 is 6.03 Å². The Balaban J connectivity index is 0.00000242. The van der Waals surface area contributed by atoms with Gasteiger partial charge in [-0.15, -0.1) is 12.4 Å². The minimum Gasteiger partial charge on any atom is -0.370 e. The van der Waals surface area contributed by atoms with Crippen LogP contribution in [0.4, 0.5) is 10.5 Å². The molecule has 0 spiro atoms. The molecule has 1 saturated carbocycles. The zero-order valence-electron chi connectivity index (χ0n) is 13.2. The van der Waals surface area contributed by atoms with Crippen LogP contribution in [0.3, 0.4) is 0 Å². The summed E-state index contributed by atoms with van der Waals surface area (Å²) < 4.78 is 0. The highest BCUT2D eigenvalue weighted by Gasteiger charge is 2.16. The Bertz CT molecular complexity index is 521. The fourth-order valence-corrected chi connectivity index (χ4v) is 2.46. The maximum atomic E-state index is 11.9. The summed E-state index contributed by atoms with van der Waals surface area (Å²) in [7, 11) is 0. The maximum absolute atomic E-state index is 11.9. The molecule has 22 heavy (non-hydrogen) atoms. The number of hydrogen-bond acceptors (Lipinski definition) is 2. The second kappa shape index (κ2) is 8.63. The van der Waals surface area contributed by atoms with Crippen LogP contribution in [0.2, 0.25) is 0 Å². The van der Waals surface area contributed by atoms with Crippen molar-refractivity contribution in [2.24, 2.45) is 16.6 Å². The second-order valence-electron chi connectivity index (χ2n) is 5.70. The summed E-state index contributed by atoms with van der Waals surface area (Å²) in [4.78, 5) is 16.1. The Morgan fingerprint density at radius 2 is 1.95 bits per heavy atom. The van der Waals surface area contributed by atoms with E-state index in [2.05, 4.69) is 15.6 Å². The highest BCUT2D eigenvalue weighted by atomic mass is 35.5. The van der Waals surface area contributed by atoms with E-state index in [1.807, 2.05) is 32.0 Å². The van der Waals surface area contributed by atoms with Crippen LogP contribution in [0.1, 0.15) is 36.8 Å². The molecule has 4 N–H and O–H groups in total. The van der Waals surface area contributed by atoms with Crippen molar-refractivity contribution in [3.05, 3.63) is 29.3 Å². The van der Waals surface area contributed by atoms with E-state index >= 15 is 0 Å². The number of hydrogen-bond donors (Lipinski definition) is 3. The molecule has 2 amide bonds. The smallest absolute Gasteiger partial charge is 0.326 e. The molecule has 2 rings (SSSR count). The summed E-state index contributed by atoms with van der Waals surface area (Å²) in [5.41, 5.74) is 8.58. The van der Waals surface area contributed by atoms with E-state index in [1.54, 1.807) is 0 Å². The molecular formula is C16H25ClN4O. The number of carbonyl (C=O) groups excluding carboxylic acids is 1. The summed E-state index contributed by atoms with van der Waals surface area (Å²) in [5.74, 6) is 0.975. The number of carbonyl (C=O) groups is 1. The molecule has 1 aliphatic rings. The van der Waals surface area contributed by atoms with Crippen LogP contribution in [0.25, 0.3) is 0 Å².